The van der Waals surface area contributed by atoms with Gasteiger partial charge in [0, 0.05) is 24.4 Å². The van der Waals surface area contributed by atoms with Gasteiger partial charge in [-0.25, -0.2) is 0 Å². The lowest BCUT2D eigenvalue weighted by Gasteiger charge is -2.12. The number of hydrogen-bond acceptors (Lipinski definition) is 6. The minimum absolute atomic E-state index is 0.00365. The molecule has 1 unspecified atom stereocenters. The minimum Gasteiger partial charge on any atom is -0.368 e. The SMILES string of the molecule is NC(=O)[C@@H]1CSC(c2ccc(C(=O)NCCNC(=O)CS)cc2)N1. The molecule has 2 rings (SSSR count). The zero-order chi connectivity index (χ0) is 17.5. The third-order valence-electron chi connectivity index (χ3n) is 3.48. The summed E-state index contributed by atoms with van der Waals surface area (Å²) in [5.74, 6) is 0.0296. The minimum atomic E-state index is -0.356. The van der Waals surface area contributed by atoms with Crippen LogP contribution in [-0.4, -0.2) is 48.4 Å². The molecule has 1 aliphatic heterocycles. The average molecular weight is 368 g/mol. The van der Waals surface area contributed by atoms with Crippen LogP contribution in [0.1, 0.15) is 21.3 Å². The summed E-state index contributed by atoms with van der Waals surface area (Å²) >= 11 is 5.46. The molecule has 1 fully saturated rings. The molecule has 1 heterocycles. The predicted molar refractivity (Wildman–Crippen MR) is 97.0 cm³/mol. The zero-order valence-electron chi connectivity index (χ0n) is 13.0. The van der Waals surface area contributed by atoms with E-state index in [2.05, 4.69) is 28.6 Å². The number of thioether (sulfide) groups is 1. The third kappa shape index (κ3) is 5.15. The molecule has 7 nitrogen and oxygen atoms in total. The molecule has 0 aliphatic carbocycles. The van der Waals surface area contributed by atoms with Gasteiger partial charge in [-0.15, -0.1) is 11.8 Å². The Bertz CT molecular complexity index is 609. The summed E-state index contributed by atoms with van der Waals surface area (Å²) in [7, 11) is 0. The van der Waals surface area contributed by atoms with Gasteiger partial charge >= 0.3 is 0 Å². The van der Waals surface area contributed by atoms with Gasteiger partial charge in [0.05, 0.1) is 17.2 Å². The summed E-state index contributed by atoms with van der Waals surface area (Å²) < 4.78 is 0. The van der Waals surface area contributed by atoms with Crippen LogP contribution in [0.2, 0.25) is 0 Å². The molecule has 0 aromatic heterocycles. The van der Waals surface area contributed by atoms with Crippen molar-refractivity contribution in [3.63, 3.8) is 0 Å². The molecule has 9 heteroatoms. The number of thiol groups is 1. The van der Waals surface area contributed by atoms with E-state index < -0.39 is 0 Å². The van der Waals surface area contributed by atoms with E-state index in [1.807, 2.05) is 12.1 Å². The molecule has 1 saturated heterocycles. The molecule has 0 saturated carbocycles. The van der Waals surface area contributed by atoms with Crippen LogP contribution < -0.4 is 21.7 Å². The Balaban J connectivity index is 1.82. The fourth-order valence-corrected chi connectivity index (χ4v) is 3.54. The average Bonchev–Trinajstić information content (AvgIpc) is 3.08. The van der Waals surface area contributed by atoms with Crippen molar-refractivity contribution in [1.82, 2.24) is 16.0 Å². The molecule has 24 heavy (non-hydrogen) atoms. The quantitative estimate of drug-likeness (QED) is 0.334. The Kier molecular flexibility index (Phi) is 6.95. The first-order valence-electron chi connectivity index (χ1n) is 7.44. The van der Waals surface area contributed by atoms with E-state index in [0.717, 1.165) is 5.56 Å². The maximum atomic E-state index is 12.0. The molecule has 130 valence electrons. The number of nitrogens with one attached hydrogen (secondary N) is 3. The lowest BCUT2D eigenvalue weighted by molar-refractivity contribution is -0.119. The van der Waals surface area contributed by atoms with Crippen LogP contribution in [0.4, 0.5) is 0 Å². The van der Waals surface area contributed by atoms with E-state index >= 15 is 0 Å². The van der Waals surface area contributed by atoms with Gasteiger partial charge in [0.25, 0.3) is 5.91 Å². The third-order valence-corrected chi connectivity index (χ3v) is 5.03. The molecule has 1 aromatic rings. The number of rotatable bonds is 7. The van der Waals surface area contributed by atoms with Gasteiger partial charge in [0.2, 0.25) is 11.8 Å². The van der Waals surface area contributed by atoms with Crippen molar-refractivity contribution in [3.8, 4) is 0 Å². The first-order chi connectivity index (χ1) is 11.5. The molecular weight excluding hydrogens is 348 g/mol. The summed E-state index contributed by atoms with van der Waals surface area (Å²) in [5.41, 5.74) is 6.81. The van der Waals surface area contributed by atoms with Crippen LogP contribution in [0, 0.1) is 0 Å². The van der Waals surface area contributed by atoms with Crippen molar-refractivity contribution < 1.29 is 14.4 Å². The molecule has 1 aromatic carbocycles. The van der Waals surface area contributed by atoms with Crippen LogP contribution in [0.3, 0.4) is 0 Å². The van der Waals surface area contributed by atoms with Crippen LogP contribution in [-0.2, 0) is 9.59 Å². The lowest BCUT2D eigenvalue weighted by Crippen LogP contribution is -2.39. The highest BCUT2D eigenvalue weighted by atomic mass is 32.2. The van der Waals surface area contributed by atoms with Crippen molar-refractivity contribution in [2.24, 2.45) is 5.73 Å². The maximum absolute atomic E-state index is 12.0. The highest BCUT2D eigenvalue weighted by Gasteiger charge is 2.28. The molecule has 5 N–H and O–H groups in total. The standard InChI is InChI=1S/C15H20N4O3S2/c16-13(21)11-8-24-15(19-11)10-3-1-9(2-4-10)14(22)18-6-5-17-12(20)7-23/h1-4,11,15,19,23H,5-8H2,(H2,16,21)(H,17,20)(H,18,22)/t11-,15?/m0/s1. The number of carbonyl (C=O) groups excluding carboxylic acids is 3. The topological polar surface area (TPSA) is 113 Å². The van der Waals surface area contributed by atoms with Crippen LogP contribution in [0.25, 0.3) is 0 Å². The number of primary amides is 1. The normalized spacial score (nSPS) is 19.7. The Labute approximate surface area is 149 Å². The summed E-state index contributed by atoms with van der Waals surface area (Å²) in [6.45, 7) is 0.709. The second-order valence-electron chi connectivity index (χ2n) is 5.22. The van der Waals surface area contributed by atoms with Crippen LogP contribution in [0.15, 0.2) is 24.3 Å². The highest BCUT2D eigenvalue weighted by molar-refractivity contribution is 7.99. The lowest BCUT2D eigenvalue weighted by atomic mass is 10.1. The largest absolute Gasteiger partial charge is 0.368 e. The second-order valence-corrected chi connectivity index (χ2v) is 6.68. The zero-order valence-corrected chi connectivity index (χ0v) is 14.7. The monoisotopic (exact) mass is 368 g/mol. The highest BCUT2D eigenvalue weighted by Crippen LogP contribution is 2.32. The van der Waals surface area contributed by atoms with Gasteiger partial charge in [-0.3, -0.25) is 19.7 Å². The van der Waals surface area contributed by atoms with Crippen molar-refractivity contribution >= 4 is 42.1 Å². The van der Waals surface area contributed by atoms with E-state index in [0.29, 0.717) is 24.4 Å². The smallest absolute Gasteiger partial charge is 0.251 e. The van der Waals surface area contributed by atoms with E-state index in [1.54, 1.807) is 23.9 Å². The van der Waals surface area contributed by atoms with E-state index in [-0.39, 0.29) is 34.9 Å². The number of benzene rings is 1. The fraction of sp³-hybridized carbons (Fsp3) is 0.400. The van der Waals surface area contributed by atoms with Crippen molar-refractivity contribution in [3.05, 3.63) is 35.4 Å². The first-order valence-corrected chi connectivity index (χ1v) is 9.12. The number of nitrogens with two attached hydrogens (primary N) is 1. The molecular formula is C15H20N4O3S2. The van der Waals surface area contributed by atoms with Crippen LogP contribution >= 0.6 is 24.4 Å². The Hall–Kier alpha value is -1.71. The maximum Gasteiger partial charge on any atom is 0.251 e. The molecule has 0 radical (unpaired) electrons. The molecule has 0 spiro atoms. The van der Waals surface area contributed by atoms with Crippen molar-refractivity contribution in [2.75, 3.05) is 24.6 Å². The van der Waals surface area contributed by atoms with E-state index in [1.165, 1.54) is 0 Å². The second kappa shape index (κ2) is 8.95. The molecule has 1 aliphatic rings. The van der Waals surface area contributed by atoms with Gasteiger partial charge in [-0.05, 0) is 17.7 Å². The van der Waals surface area contributed by atoms with Gasteiger partial charge in [-0.2, -0.15) is 12.6 Å². The van der Waals surface area contributed by atoms with Crippen LogP contribution in [0.5, 0.6) is 0 Å². The summed E-state index contributed by atoms with van der Waals surface area (Å²) in [6, 6.07) is 6.85. The van der Waals surface area contributed by atoms with E-state index in [4.69, 9.17) is 5.73 Å². The van der Waals surface area contributed by atoms with E-state index in [9.17, 15) is 14.4 Å². The van der Waals surface area contributed by atoms with Gasteiger partial charge < -0.3 is 16.4 Å². The predicted octanol–water partition coefficient (Wildman–Crippen LogP) is -0.349. The molecule has 3 amide bonds. The summed E-state index contributed by atoms with van der Waals surface area (Å²) in [4.78, 5) is 34.2. The molecule has 0 bridgehead atoms. The van der Waals surface area contributed by atoms with Crippen molar-refractivity contribution in [2.45, 2.75) is 11.4 Å². The Morgan fingerprint density at radius 1 is 1.21 bits per heavy atom. The summed E-state index contributed by atoms with van der Waals surface area (Å²) in [6.07, 6.45) is 0. The Morgan fingerprint density at radius 2 is 1.88 bits per heavy atom. The molecule has 2 atom stereocenters. The van der Waals surface area contributed by atoms with Gasteiger partial charge in [0.15, 0.2) is 0 Å². The Morgan fingerprint density at radius 3 is 2.46 bits per heavy atom. The first kappa shape index (κ1) is 18.6. The van der Waals surface area contributed by atoms with Gasteiger partial charge in [-0.1, -0.05) is 12.1 Å². The number of carbonyl (C=O) groups is 3. The number of hydrogen-bond donors (Lipinski definition) is 5. The number of amides is 3. The fourth-order valence-electron chi connectivity index (χ4n) is 2.17. The summed E-state index contributed by atoms with van der Waals surface area (Å²) in [5, 5.41) is 8.50. The van der Waals surface area contributed by atoms with Gasteiger partial charge in [0.1, 0.15) is 0 Å². The van der Waals surface area contributed by atoms with Crippen molar-refractivity contribution in [1.29, 1.82) is 0 Å².